The number of amides is 2. The van der Waals surface area contributed by atoms with Crippen molar-refractivity contribution in [1.29, 1.82) is 0 Å². The predicted molar refractivity (Wildman–Crippen MR) is 81.3 cm³/mol. The van der Waals surface area contributed by atoms with Crippen molar-refractivity contribution in [1.82, 2.24) is 4.90 Å². The van der Waals surface area contributed by atoms with E-state index in [0.717, 1.165) is 11.1 Å². The lowest BCUT2D eigenvalue weighted by Crippen LogP contribution is -2.46. The van der Waals surface area contributed by atoms with Crippen LogP contribution in [0.25, 0.3) is 0 Å². The van der Waals surface area contributed by atoms with E-state index in [4.69, 9.17) is 0 Å². The van der Waals surface area contributed by atoms with Crippen LogP contribution in [0.2, 0.25) is 0 Å². The first-order valence-electron chi connectivity index (χ1n) is 7.56. The molecule has 1 fully saturated rings. The van der Waals surface area contributed by atoms with Crippen molar-refractivity contribution in [2.75, 3.05) is 18.4 Å². The van der Waals surface area contributed by atoms with Crippen LogP contribution in [0.15, 0.2) is 18.2 Å². The maximum Gasteiger partial charge on any atom is 0.414 e. The van der Waals surface area contributed by atoms with Gasteiger partial charge in [-0.3, -0.25) is 0 Å². The van der Waals surface area contributed by atoms with Gasteiger partial charge in [-0.15, -0.1) is 0 Å². The summed E-state index contributed by atoms with van der Waals surface area (Å²) in [5.74, 6) is -0.847. The van der Waals surface area contributed by atoms with Crippen LogP contribution in [0, 0.1) is 19.8 Å². The summed E-state index contributed by atoms with van der Waals surface area (Å²) in [6.45, 7) is 4.32. The van der Waals surface area contributed by atoms with Crippen molar-refractivity contribution in [2.24, 2.45) is 5.92 Å². The highest BCUT2D eigenvalue weighted by Crippen LogP contribution is 2.31. The minimum atomic E-state index is -4.60. The molecule has 0 bridgehead atoms. The van der Waals surface area contributed by atoms with Crippen LogP contribution >= 0.6 is 0 Å². The summed E-state index contributed by atoms with van der Waals surface area (Å²) >= 11 is 0. The Balaban J connectivity index is 1.89. The Morgan fingerprint density at radius 3 is 2.39 bits per heavy atom. The number of anilines is 1. The molecular weight excluding hydrogens is 309 g/mol. The second kappa shape index (κ2) is 6.78. The molecule has 1 aromatic rings. The molecular formula is C16H21F3N2O2. The normalized spacial score (nSPS) is 17.9. The Morgan fingerprint density at radius 2 is 1.87 bits per heavy atom. The average molecular weight is 330 g/mol. The average Bonchev–Trinajstić information content (AvgIpc) is 2.49. The summed E-state index contributed by atoms with van der Waals surface area (Å²) < 4.78 is 37.5. The molecule has 2 N–H and O–H groups in total. The maximum absolute atomic E-state index is 12.5. The number of hydrogen-bond acceptors (Lipinski definition) is 2. The van der Waals surface area contributed by atoms with Crippen molar-refractivity contribution in [2.45, 2.75) is 39.0 Å². The summed E-state index contributed by atoms with van der Waals surface area (Å²) in [7, 11) is 0. The number of nitrogens with zero attached hydrogens (tertiary/aromatic N) is 1. The summed E-state index contributed by atoms with van der Waals surface area (Å²) in [5, 5.41) is 12.0. The largest absolute Gasteiger partial charge is 0.414 e. The van der Waals surface area contributed by atoms with Crippen molar-refractivity contribution >= 4 is 11.7 Å². The van der Waals surface area contributed by atoms with Crippen LogP contribution in [-0.4, -0.2) is 41.4 Å². The van der Waals surface area contributed by atoms with Crippen molar-refractivity contribution < 1.29 is 23.1 Å². The molecule has 1 heterocycles. The zero-order valence-electron chi connectivity index (χ0n) is 13.2. The maximum atomic E-state index is 12.5. The third-order valence-electron chi connectivity index (χ3n) is 4.37. The van der Waals surface area contributed by atoms with Crippen LogP contribution in [0.4, 0.5) is 23.7 Å². The zero-order valence-corrected chi connectivity index (χ0v) is 13.2. The number of aliphatic hydroxyl groups excluding tert-OH is 1. The molecule has 0 saturated carbocycles. The van der Waals surface area contributed by atoms with E-state index in [-0.39, 0.29) is 32.0 Å². The van der Waals surface area contributed by atoms with E-state index < -0.39 is 18.2 Å². The van der Waals surface area contributed by atoms with Gasteiger partial charge in [0.05, 0.1) is 0 Å². The Bertz CT molecular complexity index is 567. The molecule has 23 heavy (non-hydrogen) atoms. The third-order valence-corrected chi connectivity index (χ3v) is 4.37. The van der Waals surface area contributed by atoms with Gasteiger partial charge in [0.2, 0.25) is 0 Å². The molecule has 1 atom stereocenters. The number of urea groups is 1. The second-order valence-corrected chi connectivity index (χ2v) is 6.04. The molecule has 0 spiro atoms. The minimum absolute atomic E-state index is 0.140. The number of halogens is 3. The second-order valence-electron chi connectivity index (χ2n) is 6.04. The fraction of sp³-hybridized carbons (Fsp3) is 0.562. The number of aryl methyl sites for hydroxylation is 2. The van der Waals surface area contributed by atoms with Crippen LogP contribution in [-0.2, 0) is 0 Å². The highest BCUT2D eigenvalue weighted by molar-refractivity contribution is 5.89. The predicted octanol–water partition coefficient (Wildman–Crippen LogP) is 3.47. The summed E-state index contributed by atoms with van der Waals surface area (Å²) in [6.07, 6.45) is -6.64. The number of carbonyl (C=O) groups is 1. The van der Waals surface area contributed by atoms with E-state index >= 15 is 0 Å². The number of benzene rings is 1. The molecule has 1 saturated heterocycles. The molecule has 2 rings (SSSR count). The SMILES string of the molecule is Cc1ccc(NC(=O)N2CCC(C(O)C(F)(F)F)CC2)cc1C. The first-order chi connectivity index (χ1) is 10.7. The van der Waals surface area contributed by atoms with Gasteiger partial charge < -0.3 is 15.3 Å². The topological polar surface area (TPSA) is 52.6 Å². The standard InChI is InChI=1S/C16H21F3N2O2/c1-10-3-4-13(9-11(10)2)20-15(23)21-7-5-12(6-8-21)14(22)16(17,18)19/h3-4,9,12,14,22H,5-8H2,1-2H3,(H,20,23). The van der Waals surface area contributed by atoms with Gasteiger partial charge >= 0.3 is 12.2 Å². The van der Waals surface area contributed by atoms with E-state index in [0.29, 0.717) is 5.69 Å². The van der Waals surface area contributed by atoms with E-state index in [1.165, 1.54) is 4.90 Å². The Labute approximate surface area is 133 Å². The number of carbonyl (C=O) groups excluding carboxylic acids is 1. The van der Waals surface area contributed by atoms with Crippen molar-refractivity contribution in [3.8, 4) is 0 Å². The highest BCUT2D eigenvalue weighted by Gasteiger charge is 2.44. The number of piperidine rings is 1. The molecule has 4 nitrogen and oxygen atoms in total. The summed E-state index contributed by atoms with van der Waals surface area (Å²) in [6, 6.07) is 5.22. The number of hydrogen-bond donors (Lipinski definition) is 2. The fourth-order valence-corrected chi connectivity index (χ4v) is 2.71. The van der Waals surface area contributed by atoms with E-state index in [2.05, 4.69) is 5.32 Å². The van der Waals surface area contributed by atoms with E-state index in [1.54, 1.807) is 6.07 Å². The molecule has 0 aliphatic carbocycles. The van der Waals surface area contributed by atoms with Crippen LogP contribution < -0.4 is 5.32 Å². The van der Waals surface area contributed by atoms with Gasteiger partial charge in [0, 0.05) is 18.8 Å². The lowest BCUT2D eigenvalue weighted by atomic mass is 9.91. The molecule has 0 aromatic heterocycles. The smallest absolute Gasteiger partial charge is 0.383 e. The lowest BCUT2D eigenvalue weighted by molar-refractivity contribution is -0.222. The third kappa shape index (κ3) is 4.37. The molecule has 1 unspecified atom stereocenters. The first kappa shape index (κ1) is 17.6. The molecule has 7 heteroatoms. The van der Waals surface area contributed by atoms with Gasteiger partial charge in [-0.2, -0.15) is 13.2 Å². The Morgan fingerprint density at radius 1 is 1.26 bits per heavy atom. The van der Waals surface area contributed by atoms with Crippen LogP contribution in [0.5, 0.6) is 0 Å². The number of nitrogens with one attached hydrogen (secondary N) is 1. The zero-order chi connectivity index (χ0) is 17.2. The number of rotatable bonds is 2. The Hall–Kier alpha value is -1.76. The molecule has 1 aliphatic rings. The number of aliphatic hydroxyl groups is 1. The van der Waals surface area contributed by atoms with Gasteiger partial charge in [0.25, 0.3) is 0 Å². The molecule has 1 aromatic carbocycles. The van der Waals surface area contributed by atoms with Gasteiger partial charge in [-0.1, -0.05) is 6.07 Å². The summed E-state index contributed by atoms with van der Waals surface area (Å²) in [5.41, 5.74) is 2.83. The monoisotopic (exact) mass is 330 g/mol. The molecule has 2 amide bonds. The van der Waals surface area contributed by atoms with Crippen molar-refractivity contribution in [3.05, 3.63) is 29.3 Å². The minimum Gasteiger partial charge on any atom is -0.383 e. The van der Waals surface area contributed by atoms with Gasteiger partial charge in [-0.25, -0.2) is 4.79 Å². The Kier molecular flexibility index (Phi) is 5.19. The van der Waals surface area contributed by atoms with Gasteiger partial charge in [0.15, 0.2) is 6.10 Å². The van der Waals surface area contributed by atoms with Gasteiger partial charge in [0.1, 0.15) is 0 Å². The number of likely N-dealkylation sites (tertiary alicyclic amines) is 1. The fourth-order valence-electron chi connectivity index (χ4n) is 2.71. The molecule has 1 aliphatic heterocycles. The van der Waals surface area contributed by atoms with Crippen molar-refractivity contribution in [3.63, 3.8) is 0 Å². The van der Waals surface area contributed by atoms with Crippen LogP contribution in [0.3, 0.4) is 0 Å². The van der Waals surface area contributed by atoms with Crippen LogP contribution in [0.1, 0.15) is 24.0 Å². The van der Waals surface area contributed by atoms with E-state index in [9.17, 15) is 23.1 Å². The quantitative estimate of drug-likeness (QED) is 0.872. The van der Waals surface area contributed by atoms with Gasteiger partial charge in [-0.05, 0) is 55.9 Å². The number of alkyl halides is 3. The first-order valence-corrected chi connectivity index (χ1v) is 7.56. The molecule has 0 radical (unpaired) electrons. The molecule has 128 valence electrons. The summed E-state index contributed by atoms with van der Waals surface area (Å²) in [4.78, 5) is 13.6. The van der Waals surface area contributed by atoms with E-state index in [1.807, 2.05) is 26.0 Å². The highest BCUT2D eigenvalue weighted by atomic mass is 19.4. The lowest BCUT2D eigenvalue weighted by Gasteiger charge is -2.34.